The SMILES string of the molecule is COCCCn1cc(CN(C(=O)[C@H]2CNCCO2)C2CC2)c2cc(OCc3ccccc3)ccc21. The molecule has 1 saturated carbocycles. The standard InChI is InChI=1S/C28H35N3O4/c1-33-14-5-13-30-18-22(19-31(23-8-9-23)28(32)27-17-29-12-15-34-27)25-16-24(10-11-26(25)30)35-20-21-6-3-2-4-7-21/h2-4,6-7,10-11,16,18,23,27,29H,5,8-9,12-15,17,19-20H2,1H3/t27-/m1/s1. The van der Waals surface area contributed by atoms with Crippen molar-refractivity contribution in [2.75, 3.05) is 33.4 Å². The molecular weight excluding hydrogens is 442 g/mol. The molecule has 0 unspecified atom stereocenters. The van der Waals surface area contributed by atoms with Gasteiger partial charge in [-0.3, -0.25) is 4.79 Å². The van der Waals surface area contributed by atoms with Crippen molar-refractivity contribution in [2.45, 2.75) is 51.1 Å². The van der Waals surface area contributed by atoms with E-state index < -0.39 is 6.10 Å². The number of nitrogens with one attached hydrogen (secondary N) is 1. The first kappa shape index (κ1) is 23.9. The third kappa shape index (κ3) is 5.86. The number of ether oxygens (including phenoxy) is 3. The van der Waals surface area contributed by atoms with Crippen molar-refractivity contribution >= 4 is 16.8 Å². The van der Waals surface area contributed by atoms with E-state index in [1.807, 2.05) is 29.2 Å². The first-order valence-corrected chi connectivity index (χ1v) is 12.6. The Morgan fingerprint density at radius 1 is 1.20 bits per heavy atom. The number of aryl methyl sites for hydroxylation is 1. The Balaban J connectivity index is 1.40. The maximum Gasteiger partial charge on any atom is 0.253 e. The minimum atomic E-state index is -0.399. The Kier molecular flexibility index (Phi) is 7.66. The van der Waals surface area contributed by atoms with Gasteiger partial charge in [0.25, 0.3) is 5.91 Å². The maximum absolute atomic E-state index is 13.4. The van der Waals surface area contributed by atoms with Gasteiger partial charge in [-0.15, -0.1) is 0 Å². The molecule has 0 radical (unpaired) electrons. The van der Waals surface area contributed by atoms with E-state index in [1.54, 1.807) is 7.11 Å². The monoisotopic (exact) mass is 477 g/mol. The Morgan fingerprint density at radius 2 is 2.06 bits per heavy atom. The Hall–Kier alpha value is -2.87. The summed E-state index contributed by atoms with van der Waals surface area (Å²) >= 11 is 0. The lowest BCUT2D eigenvalue weighted by atomic mass is 10.1. The van der Waals surface area contributed by atoms with Crippen LogP contribution in [-0.2, 0) is 34.0 Å². The van der Waals surface area contributed by atoms with Crippen LogP contribution >= 0.6 is 0 Å². The molecular formula is C28H35N3O4. The molecule has 2 aliphatic rings. The fourth-order valence-corrected chi connectivity index (χ4v) is 4.74. The van der Waals surface area contributed by atoms with E-state index >= 15 is 0 Å². The van der Waals surface area contributed by atoms with Crippen molar-refractivity contribution in [3.8, 4) is 5.75 Å². The quantitative estimate of drug-likeness (QED) is 0.427. The lowest BCUT2D eigenvalue weighted by Crippen LogP contribution is -2.49. The molecule has 1 N–H and O–H groups in total. The number of aromatic nitrogens is 1. The number of methoxy groups -OCH3 is 1. The molecule has 1 aromatic heterocycles. The molecule has 5 rings (SSSR count). The average Bonchev–Trinajstić information content (AvgIpc) is 3.70. The van der Waals surface area contributed by atoms with Gasteiger partial charge >= 0.3 is 0 Å². The molecule has 35 heavy (non-hydrogen) atoms. The zero-order chi connectivity index (χ0) is 24.0. The summed E-state index contributed by atoms with van der Waals surface area (Å²) < 4.78 is 19.5. The van der Waals surface area contributed by atoms with Crippen LogP contribution < -0.4 is 10.1 Å². The van der Waals surface area contributed by atoms with Crippen LogP contribution in [0.3, 0.4) is 0 Å². The van der Waals surface area contributed by atoms with Gasteiger partial charge in [-0.05, 0) is 48.6 Å². The van der Waals surface area contributed by atoms with E-state index in [-0.39, 0.29) is 5.91 Å². The summed E-state index contributed by atoms with van der Waals surface area (Å²) in [4.78, 5) is 15.4. The number of hydrogen-bond donors (Lipinski definition) is 1. The molecule has 0 bridgehead atoms. The number of carbonyl (C=O) groups is 1. The zero-order valence-electron chi connectivity index (χ0n) is 20.4. The predicted molar refractivity (Wildman–Crippen MR) is 135 cm³/mol. The highest BCUT2D eigenvalue weighted by Crippen LogP contribution is 2.33. The third-order valence-corrected chi connectivity index (χ3v) is 6.75. The highest BCUT2D eigenvalue weighted by atomic mass is 16.5. The number of rotatable bonds is 11. The van der Waals surface area contributed by atoms with Gasteiger partial charge < -0.3 is 29.0 Å². The molecule has 1 atom stereocenters. The highest BCUT2D eigenvalue weighted by Gasteiger charge is 2.37. The first-order chi connectivity index (χ1) is 17.2. The molecule has 1 amide bonds. The van der Waals surface area contributed by atoms with Crippen LogP contribution in [-0.4, -0.2) is 60.9 Å². The molecule has 2 heterocycles. The lowest BCUT2D eigenvalue weighted by Gasteiger charge is -2.30. The van der Waals surface area contributed by atoms with Crippen LogP contribution in [0.15, 0.2) is 54.7 Å². The largest absolute Gasteiger partial charge is 0.489 e. The molecule has 1 aliphatic carbocycles. The number of fused-ring (bicyclic) bond motifs is 1. The molecule has 1 saturated heterocycles. The highest BCUT2D eigenvalue weighted by molar-refractivity contribution is 5.87. The molecule has 3 aromatic rings. The second-order valence-corrected chi connectivity index (χ2v) is 9.41. The van der Waals surface area contributed by atoms with Crippen LogP contribution in [0.4, 0.5) is 0 Å². The van der Waals surface area contributed by atoms with Crippen LogP contribution in [0.5, 0.6) is 5.75 Å². The Labute approximate surface area is 206 Å². The van der Waals surface area contributed by atoms with Crippen LogP contribution in [0.1, 0.15) is 30.4 Å². The van der Waals surface area contributed by atoms with E-state index in [0.717, 1.165) is 60.1 Å². The normalized spacial score (nSPS) is 18.0. The van der Waals surface area contributed by atoms with Gasteiger partial charge in [0, 0.05) is 63.0 Å². The second-order valence-electron chi connectivity index (χ2n) is 9.41. The number of nitrogens with zero attached hydrogens (tertiary/aromatic N) is 2. The van der Waals surface area contributed by atoms with Gasteiger partial charge in [0.1, 0.15) is 18.5 Å². The van der Waals surface area contributed by atoms with Crippen LogP contribution in [0.2, 0.25) is 0 Å². The van der Waals surface area contributed by atoms with Gasteiger partial charge in [0.15, 0.2) is 0 Å². The number of benzene rings is 2. The number of hydrogen-bond acceptors (Lipinski definition) is 5. The number of carbonyl (C=O) groups excluding carboxylic acids is 1. The van der Waals surface area contributed by atoms with E-state index in [0.29, 0.717) is 39.0 Å². The summed E-state index contributed by atoms with van der Waals surface area (Å²) in [5, 5.41) is 4.42. The lowest BCUT2D eigenvalue weighted by molar-refractivity contribution is -0.146. The van der Waals surface area contributed by atoms with Gasteiger partial charge in [-0.25, -0.2) is 0 Å². The van der Waals surface area contributed by atoms with Crippen molar-refractivity contribution in [1.82, 2.24) is 14.8 Å². The van der Waals surface area contributed by atoms with Gasteiger partial charge in [-0.1, -0.05) is 30.3 Å². The fraction of sp³-hybridized carbons (Fsp3) is 0.464. The summed E-state index contributed by atoms with van der Waals surface area (Å²) in [7, 11) is 1.73. The van der Waals surface area contributed by atoms with Gasteiger partial charge in [0.05, 0.1) is 6.61 Å². The molecule has 2 aromatic carbocycles. The Bertz CT molecular complexity index is 1120. The van der Waals surface area contributed by atoms with Crippen molar-refractivity contribution in [2.24, 2.45) is 0 Å². The topological polar surface area (TPSA) is 65.0 Å². The zero-order valence-corrected chi connectivity index (χ0v) is 20.4. The predicted octanol–water partition coefficient (Wildman–Crippen LogP) is 3.74. The molecule has 7 heteroatoms. The molecule has 1 aliphatic heterocycles. The van der Waals surface area contributed by atoms with E-state index in [9.17, 15) is 4.79 Å². The van der Waals surface area contributed by atoms with Crippen molar-refractivity contribution in [3.05, 3.63) is 65.9 Å². The van der Waals surface area contributed by atoms with Crippen molar-refractivity contribution in [1.29, 1.82) is 0 Å². The van der Waals surface area contributed by atoms with Gasteiger partial charge in [-0.2, -0.15) is 0 Å². The summed E-state index contributed by atoms with van der Waals surface area (Å²) in [5.41, 5.74) is 3.44. The fourth-order valence-electron chi connectivity index (χ4n) is 4.74. The van der Waals surface area contributed by atoms with E-state index in [1.165, 1.54) is 0 Å². The van der Waals surface area contributed by atoms with Crippen LogP contribution in [0.25, 0.3) is 10.9 Å². The summed E-state index contributed by atoms with van der Waals surface area (Å²) in [6.45, 7) is 4.64. The van der Waals surface area contributed by atoms with Crippen molar-refractivity contribution in [3.63, 3.8) is 0 Å². The van der Waals surface area contributed by atoms with Crippen LogP contribution in [0, 0.1) is 0 Å². The maximum atomic E-state index is 13.4. The smallest absolute Gasteiger partial charge is 0.253 e. The van der Waals surface area contributed by atoms with E-state index in [4.69, 9.17) is 14.2 Å². The van der Waals surface area contributed by atoms with E-state index in [2.05, 4.69) is 40.3 Å². The molecule has 186 valence electrons. The number of amides is 1. The summed E-state index contributed by atoms with van der Waals surface area (Å²) in [6, 6.07) is 16.8. The number of morpholine rings is 1. The van der Waals surface area contributed by atoms with Gasteiger partial charge in [0.2, 0.25) is 0 Å². The molecule has 2 fully saturated rings. The second kappa shape index (κ2) is 11.2. The summed E-state index contributed by atoms with van der Waals surface area (Å²) in [6.07, 6.45) is 4.85. The minimum absolute atomic E-state index is 0.0939. The molecule has 0 spiro atoms. The molecule has 7 nitrogen and oxygen atoms in total. The average molecular weight is 478 g/mol. The van der Waals surface area contributed by atoms with Crippen molar-refractivity contribution < 1.29 is 19.0 Å². The minimum Gasteiger partial charge on any atom is -0.489 e. The first-order valence-electron chi connectivity index (χ1n) is 12.6. The summed E-state index contributed by atoms with van der Waals surface area (Å²) in [5.74, 6) is 0.929. The Morgan fingerprint density at radius 3 is 2.80 bits per heavy atom. The third-order valence-electron chi connectivity index (χ3n) is 6.75.